The summed E-state index contributed by atoms with van der Waals surface area (Å²) < 4.78 is 32.5. The Morgan fingerprint density at radius 2 is 2.05 bits per heavy atom. The molecule has 1 spiro atoms. The van der Waals surface area contributed by atoms with Crippen LogP contribution in [0.2, 0.25) is 0 Å². The van der Waals surface area contributed by atoms with Crippen LogP contribution >= 0.6 is 0 Å². The summed E-state index contributed by atoms with van der Waals surface area (Å²) in [5.41, 5.74) is 0.00667. The summed E-state index contributed by atoms with van der Waals surface area (Å²) in [5.74, 6) is 0. The highest BCUT2D eigenvalue weighted by Crippen LogP contribution is 2.38. The lowest BCUT2D eigenvalue weighted by Crippen LogP contribution is -2.52. The monoisotopic (exact) mass is 302 g/mol. The van der Waals surface area contributed by atoms with E-state index in [9.17, 15) is 8.42 Å². The van der Waals surface area contributed by atoms with Crippen LogP contribution in [0.1, 0.15) is 32.6 Å². The summed E-state index contributed by atoms with van der Waals surface area (Å²) in [6.45, 7) is 7.95. The molecule has 1 saturated carbocycles. The Labute approximate surface area is 122 Å². The van der Waals surface area contributed by atoms with Crippen LogP contribution in [0.25, 0.3) is 0 Å². The van der Waals surface area contributed by atoms with Crippen LogP contribution in [0.5, 0.6) is 0 Å². The lowest BCUT2D eigenvalue weighted by atomic mass is 9.81. The van der Waals surface area contributed by atoms with Crippen LogP contribution in [0.4, 0.5) is 0 Å². The molecule has 20 heavy (non-hydrogen) atoms. The van der Waals surface area contributed by atoms with Crippen molar-refractivity contribution in [2.24, 2.45) is 5.41 Å². The molecule has 3 rings (SSSR count). The van der Waals surface area contributed by atoms with E-state index < -0.39 is 10.0 Å². The molecule has 2 saturated heterocycles. The number of likely N-dealkylation sites (N-methyl/N-ethyl adjacent to an activating group) is 1. The Kier molecular flexibility index (Phi) is 4.10. The normalized spacial score (nSPS) is 34.2. The number of hydrogen-bond acceptors (Lipinski definition) is 4. The molecular weight excluding hydrogens is 276 g/mol. The van der Waals surface area contributed by atoms with Crippen molar-refractivity contribution >= 4 is 10.0 Å². The van der Waals surface area contributed by atoms with Crippen LogP contribution < -0.4 is 0 Å². The van der Waals surface area contributed by atoms with Gasteiger partial charge in [-0.15, -0.1) is 0 Å². The maximum atomic E-state index is 12.5. The lowest BCUT2D eigenvalue weighted by molar-refractivity contribution is 0.0289. The van der Waals surface area contributed by atoms with Crippen molar-refractivity contribution in [3.63, 3.8) is 0 Å². The zero-order chi connectivity index (χ0) is 14.2. The Morgan fingerprint density at radius 1 is 1.25 bits per heavy atom. The van der Waals surface area contributed by atoms with Gasteiger partial charge in [0.2, 0.25) is 10.0 Å². The topological polar surface area (TPSA) is 49.9 Å². The van der Waals surface area contributed by atoms with Gasteiger partial charge in [0.15, 0.2) is 0 Å². The summed E-state index contributed by atoms with van der Waals surface area (Å²) in [7, 11) is -3.04. The van der Waals surface area contributed by atoms with E-state index in [1.54, 1.807) is 4.31 Å². The molecule has 1 atom stereocenters. The van der Waals surface area contributed by atoms with E-state index in [0.29, 0.717) is 19.7 Å². The Bertz CT molecular complexity index is 449. The van der Waals surface area contributed by atoms with Gasteiger partial charge >= 0.3 is 0 Å². The maximum absolute atomic E-state index is 12.5. The van der Waals surface area contributed by atoms with E-state index in [4.69, 9.17) is 4.74 Å². The van der Waals surface area contributed by atoms with Crippen molar-refractivity contribution < 1.29 is 13.2 Å². The summed E-state index contributed by atoms with van der Waals surface area (Å²) in [6.07, 6.45) is 3.75. The Morgan fingerprint density at radius 3 is 2.75 bits per heavy atom. The maximum Gasteiger partial charge on any atom is 0.217 e. The number of nitrogens with zero attached hydrogens (tertiary/aromatic N) is 2. The van der Waals surface area contributed by atoms with Crippen molar-refractivity contribution in [2.75, 3.05) is 45.9 Å². The van der Waals surface area contributed by atoms with Gasteiger partial charge in [0.25, 0.3) is 0 Å². The largest absolute Gasteiger partial charge is 0.379 e. The van der Waals surface area contributed by atoms with E-state index in [1.807, 2.05) is 0 Å². The van der Waals surface area contributed by atoms with Gasteiger partial charge in [-0.25, -0.2) is 12.7 Å². The lowest BCUT2D eigenvalue weighted by Gasteiger charge is -2.43. The quantitative estimate of drug-likeness (QED) is 0.778. The first kappa shape index (κ1) is 14.8. The molecule has 0 aromatic carbocycles. The molecule has 1 aliphatic carbocycles. The standard InChI is InChI=1S/C14H26N2O3S/c1-2-15-8-9-19-12-14(10-15)6-3-7-16(11-14)20(17,18)13-4-5-13/h13H,2-12H2,1H3. The molecule has 0 amide bonds. The van der Waals surface area contributed by atoms with E-state index in [2.05, 4.69) is 11.8 Å². The fourth-order valence-electron chi connectivity index (χ4n) is 3.55. The van der Waals surface area contributed by atoms with Gasteiger partial charge in [0.05, 0.1) is 18.5 Å². The summed E-state index contributed by atoms with van der Waals surface area (Å²) in [5, 5.41) is -0.0911. The third-order valence-corrected chi connectivity index (χ3v) is 7.24. The Balaban J connectivity index is 1.75. The van der Waals surface area contributed by atoms with Crippen LogP contribution in [0.3, 0.4) is 0 Å². The van der Waals surface area contributed by atoms with Gasteiger partial charge in [-0.05, 0) is 32.2 Å². The van der Waals surface area contributed by atoms with Crippen molar-refractivity contribution in [2.45, 2.75) is 37.9 Å². The van der Waals surface area contributed by atoms with Crippen molar-refractivity contribution in [1.29, 1.82) is 0 Å². The molecule has 0 bridgehead atoms. The summed E-state index contributed by atoms with van der Waals surface area (Å²) in [6, 6.07) is 0. The van der Waals surface area contributed by atoms with Gasteiger partial charge in [0.1, 0.15) is 0 Å². The summed E-state index contributed by atoms with van der Waals surface area (Å²) in [4.78, 5) is 2.40. The number of piperidine rings is 1. The average molecular weight is 302 g/mol. The minimum atomic E-state index is -3.04. The van der Waals surface area contributed by atoms with Gasteiger partial charge < -0.3 is 9.64 Å². The first-order valence-corrected chi connectivity index (χ1v) is 9.35. The predicted octanol–water partition coefficient (Wildman–Crippen LogP) is 0.913. The van der Waals surface area contributed by atoms with Crippen LogP contribution in [0.15, 0.2) is 0 Å². The van der Waals surface area contributed by atoms with Crippen molar-refractivity contribution in [3.05, 3.63) is 0 Å². The van der Waals surface area contributed by atoms with Crippen LogP contribution in [-0.4, -0.2) is 68.8 Å². The van der Waals surface area contributed by atoms with Gasteiger partial charge in [-0.1, -0.05) is 6.92 Å². The molecule has 1 unspecified atom stereocenters. The molecule has 0 aromatic heterocycles. The zero-order valence-electron chi connectivity index (χ0n) is 12.4. The number of ether oxygens (including phenoxy) is 1. The van der Waals surface area contributed by atoms with Gasteiger partial charge in [-0.2, -0.15) is 0 Å². The molecule has 0 radical (unpaired) electrons. The highest BCUT2D eigenvalue weighted by Gasteiger charge is 2.46. The number of sulfonamides is 1. The van der Waals surface area contributed by atoms with Crippen molar-refractivity contribution in [3.8, 4) is 0 Å². The molecule has 3 aliphatic rings. The predicted molar refractivity (Wildman–Crippen MR) is 78.1 cm³/mol. The molecule has 3 fully saturated rings. The van der Waals surface area contributed by atoms with Crippen LogP contribution in [-0.2, 0) is 14.8 Å². The Hall–Kier alpha value is -0.170. The van der Waals surface area contributed by atoms with Crippen LogP contribution in [0, 0.1) is 5.41 Å². The highest BCUT2D eigenvalue weighted by molar-refractivity contribution is 7.90. The first-order valence-electron chi connectivity index (χ1n) is 7.85. The molecular formula is C14H26N2O3S. The SMILES string of the molecule is CCN1CCOCC2(CCCN(S(=O)(=O)C3CC3)C2)C1. The molecule has 2 aliphatic heterocycles. The molecule has 6 heteroatoms. The van der Waals surface area contributed by atoms with E-state index in [1.165, 1.54) is 0 Å². The third-order valence-electron chi connectivity index (χ3n) is 4.90. The van der Waals surface area contributed by atoms with Crippen molar-refractivity contribution in [1.82, 2.24) is 9.21 Å². The van der Waals surface area contributed by atoms with E-state index in [-0.39, 0.29) is 10.7 Å². The molecule has 0 N–H and O–H groups in total. The second-order valence-corrected chi connectivity index (χ2v) is 8.82. The molecule has 2 heterocycles. The second kappa shape index (κ2) is 5.55. The van der Waals surface area contributed by atoms with E-state index in [0.717, 1.165) is 51.9 Å². The molecule has 0 aromatic rings. The number of rotatable bonds is 3. The second-order valence-electron chi connectivity index (χ2n) is 6.60. The fourth-order valence-corrected chi connectivity index (χ4v) is 5.55. The van der Waals surface area contributed by atoms with Gasteiger partial charge in [-0.3, -0.25) is 0 Å². The third kappa shape index (κ3) is 2.89. The molecule has 116 valence electrons. The average Bonchev–Trinajstić information content (AvgIpc) is 3.26. The minimum Gasteiger partial charge on any atom is -0.379 e. The highest BCUT2D eigenvalue weighted by atomic mass is 32.2. The molecule has 5 nitrogen and oxygen atoms in total. The van der Waals surface area contributed by atoms with E-state index >= 15 is 0 Å². The minimum absolute atomic E-state index is 0.00667. The number of hydrogen-bond donors (Lipinski definition) is 0. The summed E-state index contributed by atoms with van der Waals surface area (Å²) >= 11 is 0. The zero-order valence-corrected chi connectivity index (χ0v) is 13.2. The smallest absolute Gasteiger partial charge is 0.217 e. The first-order chi connectivity index (χ1) is 9.56. The fraction of sp³-hybridized carbons (Fsp3) is 1.00. The van der Waals surface area contributed by atoms with Gasteiger partial charge in [0, 0.05) is 31.6 Å².